The highest BCUT2D eigenvalue weighted by Gasteiger charge is 2.34. The lowest BCUT2D eigenvalue weighted by molar-refractivity contribution is -0.274. The molecule has 3 aromatic rings. The van der Waals surface area contributed by atoms with Gasteiger partial charge in [-0.3, -0.25) is 0 Å². The number of amides is 1. The van der Waals surface area contributed by atoms with Gasteiger partial charge in [-0.2, -0.15) is 0 Å². The van der Waals surface area contributed by atoms with Crippen LogP contribution in [0.5, 0.6) is 5.75 Å². The van der Waals surface area contributed by atoms with Gasteiger partial charge in [0, 0.05) is 47.7 Å². The van der Waals surface area contributed by atoms with Gasteiger partial charge in [-0.1, -0.05) is 48.0 Å². The predicted molar refractivity (Wildman–Crippen MR) is 128 cm³/mol. The Morgan fingerprint density at radius 3 is 2.53 bits per heavy atom. The number of halogens is 5. The summed E-state index contributed by atoms with van der Waals surface area (Å²) in [4.78, 5) is 12.9. The molecule has 0 bridgehead atoms. The Kier molecular flexibility index (Phi) is 7.70. The summed E-state index contributed by atoms with van der Waals surface area (Å²) in [5, 5.41) is 13.0. The molecule has 2 N–H and O–H groups in total. The molecule has 36 heavy (non-hydrogen) atoms. The van der Waals surface area contributed by atoms with Gasteiger partial charge in [0.1, 0.15) is 11.6 Å². The Labute approximate surface area is 210 Å². The number of carboxylic acid groups (broad SMARTS) is 1. The van der Waals surface area contributed by atoms with Crippen molar-refractivity contribution in [2.45, 2.75) is 31.3 Å². The molecule has 1 aliphatic rings. The zero-order valence-electron chi connectivity index (χ0n) is 18.9. The van der Waals surface area contributed by atoms with Crippen molar-refractivity contribution in [3.63, 3.8) is 0 Å². The lowest BCUT2D eigenvalue weighted by Gasteiger charge is -2.38. The van der Waals surface area contributed by atoms with Crippen LogP contribution in [0.3, 0.4) is 0 Å². The highest BCUT2D eigenvalue weighted by Crippen LogP contribution is 2.34. The summed E-state index contributed by atoms with van der Waals surface area (Å²) in [5.41, 5.74) is 1.67. The quantitative estimate of drug-likeness (QED) is 0.355. The zero-order chi connectivity index (χ0) is 25.9. The van der Waals surface area contributed by atoms with E-state index in [1.165, 1.54) is 29.2 Å². The molecule has 1 heterocycles. The number of likely N-dealkylation sites (tertiary alicyclic amines) is 1. The highest BCUT2D eigenvalue weighted by molar-refractivity contribution is 6.30. The van der Waals surface area contributed by atoms with E-state index < -0.39 is 24.0 Å². The molecular formula is C26H23ClF4N2O3. The van der Waals surface area contributed by atoms with Crippen LogP contribution in [0.25, 0.3) is 11.1 Å². The topological polar surface area (TPSA) is 61.8 Å². The third-order valence-corrected chi connectivity index (χ3v) is 6.43. The van der Waals surface area contributed by atoms with Crippen molar-refractivity contribution >= 4 is 17.7 Å². The van der Waals surface area contributed by atoms with E-state index in [1.54, 1.807) is 0 Å². The van der Waals surface area contributed by atoms with E-state index in [0.29, 0.717) is 12.0 Å². The van der Waals surface area contributed by atoms with Crippen molar-refractivity contribution in [3.05, 3.63) is 88.7 Å². The van der Waals surface area contributed by atoms with Crippen LogP contribution in [-0.4, -0.2) is 41.6 Å². The largest absolute Gasteiger partial charge is 0.573 e. The first-order valence-electron chi connectivity index (χ1n) is 11.2. The molecule has 0 saturated carbocycles. The fourth-order valence-corrected chi connectivity index (χ4v) is 4.64. The van der Waals surface area contributed by atoms with Gasteiger partial charge in [0.15, 0.2) is 0 Å². The van der Waals surface area contributed by atoms with Crippen LogP contribution < -0.4 is 10.1 Å². The SMILES string of the molecule is O=C(O)N1CC[C@H](NCc2cc(-c3ccc(Cl)cc3F)ccc2OC(F)(F)F)[C@H](c2ccccc2)C1. The smallest absolute Gasteiger partial charge is 0.465 e. The molecule has 10 heteroatoms. The maximum absolute atomic E-state index is 14.5. The summed E-state index contributed by atoms with van der Waals surface area (Å²) in [5.74, 6) is -1.21. The van der Waals surface area contributed by atoms with Crippen LogP contribution in [0.4, 0.5) is 22.4 Å². The van der Waals surface area contributed by atoms with Gasteiger partial charge in [-0.25, -0.2) is 9.18 Å². The fourth-order valence-electron chi connectivity index (χ4n) is 4.48. The molecule has 4 rings (SSSR count). The van der Waals surface area contributed by atoms with Crippen molar-refractivity contribution in [3.8, 4) is 16.9 Å². The van der Waals surface area contributed by atoms with E-state index in [0.717, 1.165) is 17.7 Å². The first-order valence-corrected chi connectivity index (χ1v) is 11.6. The monoisotopic (exact) mass is 522 g/mol. The molecule has 0 radical (unpaired) electrons. The molecule has 1 saturated heterocycles. The van der Waals surface area contributed by atoms with Crippen molar-refractivity contribution < 1.29 is 32.2 Å². The Morgan fingerprint density at radius 2 is 1.86 bits per heavy atom. The van der Waals surface area contributed by atoms with E-state index in [4.69, 9.17) is 11.6 Å². The van der Waals surface area contributed by atoms with Gasteiger partial charge in [-0.05, 0) is 47.9 Å². The lowest BCUT2D eigenvalue weighted by atomic mass is 9.86. The van der Waals surface area contributed by atoms with E-state index in [9.17, 15) is 27.5 Å². The van der Waals surface area contributed by atoms with Gasteiger partial charge >= 0.3 is 12.5 Å². The van der Waals surface area contributed by atoms with Crippen molar-refractivity contribution in [1.29, 1.82) is 0 Å². The van der Waals surface area contributed by atoms with Crippen LogP contribution in [0.2, 0.25) is 5.02 Å². The van der Waals surface area contributed by atoms with Crippen LogP contribution in [0, 0.1) is 5.82 Å². The molecule has 0 aliphatic carbocycles. The minimum Gasteiger partial charge on any atom is -0.465 e. The van der Waals surface area contributed by atoms with Crippen molar-refractivity contribution in [2.75, 3.05) is 13.1 Å². The standard InChI is InChI=1S/C26H23ClF4N2O3/c27-19-7-8-20(22(28)13-19)17-6-9-24(36-26(29,30)31)18(12-17)14-32-23-10-11-33(25(34)35)15-21(23)16-4-2-1-3-5-16/h1-9,12-13,21,23,32H,10-11,14-15H2,(H,34,35)/t21-,23-/m0/s1. The van der Waals surface area contributed by atoms with E-state index >= 15 is 0 Å². The van der Waals surface area contributed by atoms with Crippen molar-refractivity contribution in [2.24, 2.45) is 0 Å². The van der Waals surface area contributed by atoms with E-state index in [2.05, 4.69) is 10.1 Å². The molecule has 0 unspecified atom stereocenters. The second-order valence-corrected chi connectivity index (χ2v) is 8.95. The first-order chi connectivity index (χ1) is 17.1. The molecular weight excluding hydrogens is 500 g/mol. The minimum absolute atomic E-state index is 0.00443. The van der Waals surface area contributed by atoms with Gasteiger partial charge in [-0.15, -0.1) is 13.2 Å². The number of nitrogens with one attached hydrogen (secondary N) is 1. The van der Waals surface area contributed by atoms with Gasteiger partial charge in [0.25, 0.3) is 0 Å². The van der Waals surface area contributed by atoms with E-state index in [-0.39, 0.29) is 47.7 Å². The molecule has 3 aromatic carbocycles. The summed E-state index contributed by atoms with van der Waals surface area (Å²) in [6.45, 7) is 0.534. The summed E-state index contributed by atoms with van der Waals surface area (Å²) < 4.78 is 57.9. The molecule has 1 amide bonds. The number of carbonyl (C=O) groups is 1. The van der Waals surface area contributed by atoms with Crippen LogP contribution in [0.15, 0.2) is 66.7 Å². The highest BCUT2D eigenvalue weighted by atomic mass is 35.5. The molecule has 0 spiro atoms. The number of rotatable bonds is 6. The summed E-state index contributed by atoms with van der Waals surface area (Å²) >= 11 is 5.83. The normalized spacial score (nSPS) is 18.2. The molecule has 190 valence electrons. The van der Waals surface area contributed by atoms with Gasteiger partial charge in [0.05, 0.1) is 0 Å². The predicted octanol–water partition coefficient (Wildman–Crippen LogP) is 6.67. The van der Waals surface area contributed by atoms with E-state index in [1.807, 2.05) is 30.3 Å². The lowest BCUT2D eigenvalue weighted by Crippen LogP contribution is -2.49. The van der Waals surface area contributed by atoms with Crippen LogP contribution >= 0.6 is 11.6 Å². The zero-order valence-corrected chi connectivity index (χ0v) is 19.7. The first kappa shape index (κ1) is 25.8. The number of alkyl halides is 3. The molecule has 2 atom stereocenters. The number of hydrogen-bond donors (Lipinski definition) is 2. The number of ether oxygens (including phenoxy) is 1. The summed E-state index contributed by atoms with van der Waals surface area (Å²) in [6, 6.07) is 17.2. The fraction of sp³-hybridized carbons (Fsp3) is 0.269. The average Bonchev–Trinajstić information content (AvgIpc) is 2.83. The Balaban J connectivity index is 1.62. The molecule has 5 nitrogen and oxygen atoms in total. The van der Waals surface area contributed by atoms with Gasteiger partial charge < -0.3 is 20.1 Å². The summed E-state index contributed by atoms with van der Waals surface area (Å²) in [7, 11) is 0. The molecule has 1 aliphatic heterocycles. The number of hydrogen-bond acceptors (Lipinski definition) is 3. The van der Waals surface area contributed by atoms with Crippen molar-refractivity contribution in [1.82, 2.24) is 10.2 Å². The Hall–Kier alpha value is -3.30. The van der Waals surface area contributed by atoms with Crippen LogP contribution in [0.1, 0.15) is 23.5 Å². The second-order valence-electron chi connectivity index (χ2n) is 8.52. The minimum atomic E-state index is -4.90. The Morgan fingerprint density at radius 1 is 1.11 bits per heavy atom. The van der Waals surface area contributed by atoms with Crippen LogP contribution in [-0.2, 0) is 6.54 Å². The molecule has 1 fully saturated rings. The number of piperidine rings is 1. The maximum Gasteiger partial charge on any atom is 0.573 e. The number of nitrogens with zero attached hydrogens (tertiary/aromatic N) is 1. The molecule has 0 aromatic heterocycles. The third-order valence-electron chi connectivity index (χ3n) is 6.19. The Bertz CT molecular complexity index is 1220. The summed E-state index contributed by atoms with van der Waals surface area (Å²) in [6.07, 6.45) is -5.46. The maximum atomic E-state index is 14.5. The second kappa shape index (κ2) is 10.8. The average molecular weight is 523 g/mol. The third kappa shape index (κ3) is 6.27. The van der Waals surface area contributed by atoms with Gasteiger partial charge in [0.2, 0.25) is 0 Å². The number of benzene rings is 3.